The number of aromatic nitrogens is 1. The van der Waals surface area contributed by atoms with E-state index >= 15 is 0 Å². The summed E-state index contributed by atoms with van der Waals surface area (Å²) in [7, 11) is -3.08. The van der Waals surface area contributed by atoms with Gasteiger partial charge in [0, 0.05) is 18.0 Å². The molecule has 6 heteroatoms. The third-order valence-electron chi connectivity index (χ3n) is 2.83. The zero-order valence-corrected chi connectivity index (χ0v) is 12.3. The predicted octanol–water partition coefficient (Wildman–Crippen LogP) is 1.92. The summed E-state index contributed by atoms with van der Waals surface area (Å²) >= 11 is 0. The number of carbonyl (C=O) groups is 1. The molecule has 0 radical (unpaired) electrons. The highest BCUT2D eigenvalue weighted by molar-refractivity contribution is 7.89. The van der Waals surface area contributed by atoms with Gasteiger partial charge in [-0.05, 0) is 23.3 Å². The van der Waals surface area contributed by atoms with Crippen LogP contribution in [0.5, 0.6) is 0 Å². The molecule has 21 heavy (non-hydrogen) atoms. The second-order valence-electron chi connectivity index (χ2n) is 4.89. The summed E-state index contributed by atoms with van der Waals surface area (Å²) in [5.74, 6) is -0.928. The van der Waals surface area contributed by atoms with Crippen LogP contribution in [0.15, 0.2) is 42.6 Å². The highest BCUT2D eigenvalue weighted by Crippen LogP contribution is 2.19. The van der Waals surface area contributed by atoms with Gasteiger partial charge in [-0.2, -0.15) is 0 Å². The van der Waals surface area contributed by atoms with Gasteiger partial charge in [0.25, 0.3) is 0 Å². The molecular formula is C15H15NO4S. The molecule has 0 atom stereocenters. The maximum Gasteiger partial charge on any atom is 0.307 e. The van der Waals surface area contributed by atoms with E-state index in [1.54, 1.807) is 30.3 Å². The molecule has 0 unspecified atom stereocenters. The first-order valence-corrected chi connectivity index (χ1v) is 8.33. The normalized spacial score (nSPS) is 11.3. The van der Waals surface area contributed by atoms with E-state index in [0.717, 1.165) is 5.56 Å². The molecule has 0 aliphatic heterocycles. The Morgan fingerprint density at radius 2 is 1.95 bits per heavy atom. The number of nitrogens with zero attached hydrogens (tertiary/aromatic N) is 1. The lowest BCUT2D eigenvalue weighted by Gasteiger charge is -2.05. The molecule has 0 aliphatic carbocycles. The van der Waals surface area contributed by atoms with Gasteiger partial charge in [0.1, 0.15) is 0 Å². The van der Waals surface area contributed by atoms with E-state index in [4.69, 9.17) is 5.11 Å². The summed E-state index contributed by atoms with van der Waals surface area (Å²) in [4.78, 5) is 15.0. The minimum absolute atomic E-state index is 0.0417. The zero-order chi connectivity index (χ0) is 15.5. The minimum Gasteiger partial charge on any atom is -0.481 e. The Labute approximate surface area is 123 Å². The number of sulfone groups is 1. The van der Waals surface area contributed by atoms with Crippen LogP contribution in [0.25, 0.3) is 11.3 Å². The van der Waals surface area contributed by atoms with Crippen molar-refractivity contribution in [2.24, 2.45) is 0 Å². The Morgan fingerprint density at radius 3 is 2.52 bits per heavy atom. The maximum atomic E-state index is 11.2. The van der Waals surface area contributed by atoms with Crippen molar-refractivity contribution in [1.82, 2.24) is 4.98 Å². The average molecular weight is 305 g/mol. The van der Waals surface area contributed by atoms with Crippen molar-refractivity contribution >= 4 is 15.8 Å². The second-order valence-corrected chi connectivity index (χ2v) is 7.03. The number of hydrogen-bond acceptors (Lipinski definition) is 4. The van der Waals surface area contributed by atoms with Crippen molar-refractivity contribution in [2.75, 3.05) is 6.26 Å². The number of rotatable bonds is 5. The zero-order valence-electron chi connectivity index (χ0n) is 11.5. The first-order valence-electron chi connectivity index (χ1n) is 6.27. The number of benzene rings is 1. The van der Waals surface area contributed by atoms with Crippen molar-refractivity contribution in [2.45, 2.75) is 12.2 Å². The summed E-state index contributed by atoms with van der Waals surface area (Å²) in [6, 6.07) is 10.6. The van der Waals surface area contributed by atoms with E-state index in [9.17, 15) is 13.2 Å². The number of carboxylic acids is 1. The van der Waals surface area contributed by atoms with Gasteiger partial charge >= 0.3 is 5.97 Å². The molecule has 0 amide bonds. The van der Waals surface area contributed by atoms with Crippen LogP contribution in [0.2, 0.25) is 0 Å². The Hall–Kier alpha value is -2.21. The summed E-state index contributed by atoms with van der Waals surface area (Å²) in [5, 5.41) is 8.80. The van der Waals surface area contributed by atoms with Crippen molar-refractivity contribution in [1.29, 1.82) is 0 Å². The van der Waals surface area contributed by atoms with E-state index < -0.39 is 15.8 Å². The van der Waals surface area contributed by atoms with Gasteiger partial charge in [-0.3, -0.25) is 9.78 Å². The molecule has 2 aromatic rings. The van der Waals surface area contributed by atoms with Gasteiger partial charge in [-0.1, -0.05) is 24.3 Å². The molecule has 0 saturated carbocycles. The molecule has 1 heterocycles. The predicted molar refractivity (Wildman–Crippen MR) is 79.6 cm³/mol. The topological polar surface area (TPSA) is 84.3 Å². The number of carboxylic acid groups (broad SMARTS) is 1. The van der Waals surface area contributed by atoms with E-state index in [-0.39, 0.29) is 12.2 Å². The van der Waals surface area contributed by atoms with Crippen LogP contribution in [0.1, 0.15) is 11.1 Å². The minimum atomic E-state index is -3.08. The Balaban J connectivity index is 2.24. The summed E-state index contributed by atoms with van der Waals surface area (Å²) < 4.78 is 22.4. The lowest BCUT2D eigenvalue weighted by Crippen LogP contribution is -2.01. The molecule has 5 nitrogen and oxygen atoms in total. The lowest BCUT2D eigenvalue weighted by atomic mass is 10.1. The molecule has 0 spiro atoms. The van der Waals surface area contributed by atoms with Crippen LogP contribution in [-0.2, 0) is 26.8 Å². The van der Waals surface area contributed by atoms with Crippen LogP contribution in [0, 0.1) is 0 Å². The summed E-state index contributed by atoms with van der Waals surface area (Å²) in [5.41, 5.74) is 2.81. The second kappa shape index (κ2) is 6.05. The number of aliphatic carboxylic acids is 1. The van der Waals surface area contributed by atoms with Gasteiger partial charge in [0.2, 0.25) is 0 Å². The van der Waals surface area contributed by atoms with Crippen molar-refractivity contribution in [3.63, 3.8) is 0 Å². The van der Waals surface area contributed by atoms with E-state index in [2.05, 4.69) is 4.98 Å². The Morgan fingerprint density at radius 1 is 1.19 bits per heavy atom. The maximum absolute atomic E-state index is 11.2. The Bertz CT molecular complexity index is 751. The van der Waals surface area contributed by atoms with Crippen LogP contribution >= 0.6 is 0 Å². The van der Waals surface area contributed by atoms with Gasteiger partial charge in [0.15, 0.2) is 9.84 Å². The van der Waals surface area contributed by atoms with Crippen molar-refractivity contribution in [3.8, 4) is 11.3 Å². The number of pyridine rings is 1. The molecule has 0 saturated heterocycles. The van der Waals surface area contributed by atoms with Gasteiger partial charge < -0.3 is 5.11 Å². The van der Waals surface area contributed by atoms with Gasteiger partial charge in [0.05, 0.1) is 17.9 Å². The third-order valence-corrected chi connectivity index (χ3v) is 3.69. The smallest absolute Gasteiger partial charge is 0.307 e. The quantitative estimate of drug-likeness (QED) is 0.912. The highest BCUT2D eigenvalue weighted by Gasteiger charge is 2.07. The van der Waals surface area contributed by atoms with Crippen LogP contribution < -0.4 is 0 Å². The molecule has 0 aliphatic rings. The molecule has 2 rings (SSSR count). The third kappa shape index (κ3) is 4.68. The van der Waals surface area contributed by atoms with E-state index in [0.29, 0.717) is 16.8 Å². The van der Waals surface area contributed by atoms with Crippen molar-refractivity contribution < 1.29 is 18.3 Å². The van der Waals surface area contributed by atoms with Crippen LogP contribution in [0.4, 0.5) is 0 Å². The van der Waals surface area contributed by atoms with Crippen molar-refractivity contribution in [3.05, 3.63) is 53.7 Å². The Kier molecular flexibility index (Phi) is 4.37. The highest BCUT2D eigenvalue weighted by atomic mass is 32.2. The fourth-order valence-corrected chi connectivity index (χ4v) is 2.77. The monoisotopic (exact) mass is 305 g/mol. The molecule has 110 valence electrons. The standard InChI is InChI=1S/C15H15NO4S/c1-21(19,20)10-12-5-6-14(16-9-12)13-4-2-3-11(7-13)8-15(17)18/h2-7,9H,8,10H2,1H3,(H,17,18). The largest absolute Gasteiger partial charge is 0.481 e. The first-order chi connectivity index (χ1) is 9.83. The molecular weight excluding hydrogens is 290 g/mol. The van der Waals surface area contributed by atoms with E-state index in [1.165, 1.54) is 12.5 Å². The molecule has 0 bridgehead atoms. The van der Waals surface area contributed by atoms with Crippen LogP contribution in [-0.4, -0.2) is 30.7 Å². The fourth-order valence-electron chi connectivity index (χ4n) is 2.00. The fraction of sp³-hybridized carbons (Fsp3) is 0.200. The van der Waals surface area contributed by atoms with E-state index in [1.807, 2.05) is 6.07 Å². The van der Waals surface area contributed by atoms with Crippen LogP contribution in [0.3, 0.4) is 0 Å². The summed E-state index contributed by atoms with van der Waals surface area (Å²) in [6.07, 6.45) is 2.66. The SMILES string of the molecule is CS(=O)(=O)Cc1ccc(-c2cccc(CC(=O)O)c2)nc1. The molecule has 1 aromatic carbocycles. The van der Waals surface area contributed by atoms with Gasteiger partial charge in [-0.25, -0.2) is 8.42 Å². The molecule has 1 aromatic heterocycles. The lowest BCUT2D eigenvalue weighted by molar-refractivity contribution is -0.136. The molecule has 1 N–H and O–H groups in total. The average Bonchev–Trinajstić information content (AvgIpc) is 2.37. The van der Waals surface area contributed by atoms with Gasteiger partial charge in [-0.15, -0.1) is 0 Å². The number of hydrogen-bond donors (Lipinski definition) is 1. The molecule has 0 fully saturated rings. The first kappa shape index (κ1) is 15.2. The summed E-state index contributed by atoms with van der Waals surface area (Å²) in [6.45, 7) is 0.